The first kappa shape index (κ1) is 9.40. The number of aromatic nitrogens is 2. The number of nitrogens with zero attached hydrogens (tertiary/aromatic N) is 2. The Bertz CT molecular complexity index is 490. The van der Waals surface area contributed by atoms with E-state index >= 15 is 0 Å². The summed E-state index contributed by atoms with van der Waals surface area (Å²) in [6, 6.07) is 3.85. The molecule has 14 heavy (non-hydrogen) atoms. The number of carbonyl (C=O) groups is 1. The van der Waals surface area contributed by atoms with E-state index in [1.807, 2.05) is 22.7 Å². The molecule has 2 rings (SSSR count). The van der Waals surface area contributed by atoms with Gasteiger partial charge in [0, 0.05) is 12.6 Å². The number of imidazole rings is 1. The van der Waals surface area contributed by atoms with Crippen LogP contribution in [-0.4, -0.2) is 15.2 Å². The molecule has 72 valence electrons. The molecule has 0 spiro atoms. The van der Waals surface area contributed by atoms with Crippen molar-refractivity contribution in [3.05, 3.63) is 34.7 Å². The second-order valence-corrected chi connectivity index (χ2v) is 4.04. The fourth-order valence-electron chi connectivity index (χ4n) is 1.39. The standard InChI is InChI=1S/C10H9BrN2O/c1-7(14)4-8-2-3-13-9(11)6-12-10(13)5-8/h2-3,5-6H,4H2,1H3. The third kappa shape index (κ3) is 1.70. The Kier molecular flexibility index (Phi) is 2.37. The van der Waals surface area contributed by atoms with Crippen molar-refractivity contribution in [1.29, 1.82) is 0 Å². The summed E-state index contributed by atoms with van der Waals surface area (Å²) in [6.07, 6.45) is 4.12. The first-order valence-corrected chi connectivity index (χ1v) is 5.07. The Morgan fingerprint density at radius 1 is 1.64 bits per heavy atom. The van der Waals surface area contributed by atoms with Crippen LogP contribution in [0.5, 0.6) is 0 Å². The lowest BCUT2D eigenvalue weighted by atomic mass is 10.1. The summed E-state index contributed by atoms with van der Waals surface area (Å²) >= 11 is 3.38. The van der Waals surface area contributed by atoms with Crippen molar-refractivity contribution in [3.63, 3.8) is 0 Å². The largest absolute Gasteiger partial charge is 0.300 e. The smallest absolute Gasteiger partial charge is 0.137 e. The normalized spacial score (nSPS) is 10.7. The molecule has 2 aromatic heterocycles. The van der Waals surface area contributed by atoms with Crippen molar-refractivity contribution in [2.75, 3.05) is 0 Å². The van der Waals surface area contributed by atoms with E-state index in [1.54, 1.807) is 13.1 Å². The molecule has 0 aromatic carbocycles. The summed E-state index contributed by atoms with van der Waals surface area (Å²) in [5.41, 5.74) is 1.86. The van der Waals surface area contributed by atoms with Crippen molar-refractivity contribution in [1.82, 2.24) is 9.38 Å². The molecule has 2 heterocycles. The van der Waals surface area contributed by atoms with Crippen molar-refractivity contribution in [3.8, 4) is 0 Å². The Labute approximate surface area is 89.9 Å². The van der Waals surface area contributed by atoms with Gasteiger partial charge in [-0.15, -0.1) is 0 Å². The average molecular weight is 253 g/mol. The van der Waals surface area contributed by atoms with Crippen LogP contribution in [0.4, 0.5) is 0 Å². The maximum absolute atomic E-state index is 10.9. The second kappa shape index (κ2) is 3.53. The SMILES string of the molecule is CC(=O)Cc1ccn2c(Br)cnc2c1. The van der Waals surface area contributed by atoms with Gasteiger partial charge < -0.3 is 0 Å². The minimum atomic E-state index is 0.167. The number of hydrogen-bond acceptors (Lipinski definition) is 2. The molecule has 0 amide bonds. The van der Waals surface area contributed by atoms with Gasteiger partial charge in [-0.1, -0.05) is 0 Å². The maximum atomic E-state index is 10.9. The van der Waals surface area contributed by atoms with Crippen LogP contribution in [-0.2, 0) is 11.2 Å². The van der Waals surface area contributed by atoms with Crippen LogP contribution in [0.25, 0.3) is 5.65 Å². The number of carbonyl (C=O) groups excluding carboxylic acids is 1. The molecule has 4 heteroatoms. The Morgan fingerprint density at radius 3 is 3.14 bits per heavy atom. The molecular formula is C10H9BrN2O. The highest BCUT2D eigenvalue weighted by atomic mass is 79.9. The number of Topliss-reactive ketones (excluding diaryl/α,β-unsaturated/α-hetero) is 1. The summed E-state index contributed by atoms with van der Waals surface area (Å²) in [5.74, 6) is 0.167. The van der Waals surface area contributed by atoms with Crippen LogP contribution < -0.4 is 0 Å². The summed E-state index contributed by atoms with van der Waals surface area (Å²) in [6.45, 7) is 1.59. The Hall–Kier alpha value is -1.16. The number of fused-ring (bicyclic) bond motifs is 1. The molecule has 0 aliphatic carbocycles. The van der Waals surface area contributed by atoms with Crippen LogP contribution in [0.1, 0.15) is 12.5 Å². The molecular weight excluding hydrogens is 244 g/mol. The fourth-order valence-corrected chi connectivity index (χ4v) is 1.79. The molecule has 0 saturated carbocycles. The number of ketones is 1. The lowest BCUT2D eigenvalue weighted by Gasteiger charge is -1.99. The highest BCUT2D eigenvalue weighted by molar-refractivity contribution is 9.10. The van der Waals surface area contributed by atoms with Crippen molar-refractivity contribution in [2.45, 2.75) is 13.3 Å². The number of rotatable bonds is 2. The number of hydrogen-bond donors (Lipinski definition) is 0. The van der Waals surface area contributed by atoms with Gasteiger partial charge in [0.05, 0.1) is 6.20 Å². The van der Waals surface area contributed by atoms with E-state index < -0.39 is 0 Å². The Morgan fingerprint density at radius 2 is 2.43 bits per heavy atom. The van der Waals surface area contributed by atoms with E-state index in [4.69, 9.17) is 0 Å². The van der Waals surface area contributed by atoms with E-state index in [9.17, 15) is 4.79 Å². The highest BCUT2D eigenvalue weighted by Crippen LogP contribution is 2.14. The lowest BCUT2D eigenvalue weighted by molar-refractivity contribution is -0.116. The van der Waals surface area contributed by atoms with Crippen molar-refractivity contribution >= 4 is 27.4 Å². The molecule has 0 atom stereocenters. The molecule has 0 radical (unpaired) electrons. The first-order valence-electron chi connectivity index (χ1n) is 4.28. The molecule has 0 aliphatic rings. The minimum absolute atomic E-state index is 0.167. The molecule has 0 unspecified atom stereocenters. The number of halogens is 1. The van der Waals surface area contributed by atoms with E-state index in [1.165, 1.54) is 0 Å². The summed E-state index contributed by atoms with van der Waals surface area (Å²) < 4.78 is 2.84. The van der Waals surface area contributed by atoms with E-state index in [2.05, 4.69) is 20.9 Å². The zero-order valence-electron chi connectivity index (χ0n) is 7.70. The molecule has 3 nitrogen and oxygen atoms in total. The van der Waals surface area contributed by atoms with Crippen LogP contribution in [0, 0.1) is 0 Å². The molecule has 0 saturated heterocycles. The first-order chi connectivity index (χ1) is 6.66. The molecule has 2 aromatic rings. The second-order valence-electron chi connectivity index (χ2n) is 3.22. The van der Waals surface area contributed by atoms with Crippen LogP contribution in [0.2, 0.25) is 0 Å². The van der Waals surface area contributed by atoms with Gasteiger partial charge in [0.25, 0.3) is 0 Å². The van der Waals surface area contributed by atoms with Gasteiger partial charge in [-0.25, -0.2) is 4.98 Å². The highest BCUT2D eigenvalue weighted by Gasteiger charge is 2.02. The van der Waals surface area contributed by atoms with E-state index in [0.29, 0.717) is 6.42 Å². The van der Waals surface area contributed by atoms with Gasteiger partial charge in [-0.3, -0.25) is 9.20 Å². The predicted molar refractivity (Wildman–Crippen MR) is 57.3 cm³/mol. The van der Waals surface area contributed by atoms with Crippen LogP contribution in [0.15, 0.2) is 29.1 Å². The topological polar surface area (TPSA) is 34.4 Å². The van der Waals surface area contributed by atoms with E-state index in [-0.39, 0.29) is 5.78 Å². The molecule has 0 fully saturated rings. The third-order valence-electron chi connectivity index (χ3n) is 1.99. The third-order valence-corrected chi connectivity index (χ3v) is 2.57. The average Bonchev–Trinajstić information content (AvgIpc) is 2.46. The molecule has 0 bridgehead atoms. The van der Waals surface area contributed by atoms with Gasteiger partial charge in [-0.2, -0.15) is 0 Å². The van der Waals surface area contributed by atoms with Crippen LogP contribution >= 0.6 is 15.9 Å². The molecule has 0 N–H and O–H groups in total. The van der Waals surface area contributed by atoms with Gasteiger partial charge in [0.1, 0.15) is 16.0 Å². The van der Waals surface area contributed by atoms with Gasteiger partial charge in [0.2, 0.25) is 0 Å². The van der Waals surface area contributed by atoms with Gasteiger partial charge in [-0.05, 0) is 40.5 Å². The van der Waals surface area contributed by atoms with Crippen molar-refractivity contribution < 1.29 is 4.79 Å². The lowest BCUT2D eigenvalue weighted by Crippen LogP contribution is -1.97. The monoisotopic (exact) mass is 252 g/mol. The quantitative estimate of drug-likeness (QED) is 0.822. The summed E-state index contributed by atoms with van der Waals surface area (Å²) in [4.78, 5) is 15.1. The van der Waals surface area contributed by atoms with Gasteiger partial charge in [0.15, 0.2) is 0 Å². The van der Waals surface area contributed by atoms with Crippen LogP contribution in [0.3, 0.4) is 0 Å². The van der Waals surface area contributed by atoms with Gasteiger partial charge >= 0.3 is 0 Å². The molecule has 0 aliphatic heterocycles. The Balaban J connectivity index is 2.46. The summed E-state index contributed by atoms with van der Waals surface area (Å²) in [5, 5.41) is 0. The fraction of sp³-hybridized carbons (Fsp3) is 0.200. The zero-order valence-corrected chi connectivity index (χ0v) is 9.28. The maximum Gasteiger partial charge on any atom is 0.137 e. The zero-order chi connectivity index (χ0) is 10.1. The number of pyridine rings is 1. The minimum Gasteiger partial charge on any atom is -0.300 e. The summed E-state index contributed by atoms with van der Waals surface area (Å²) in [7, 11) is 0. The van der Waals surface area contributed by atoms with Crippen molar-refractivity contribution in [2.24, 2.45) is 0 Å². The van der Waals surface area contributed by atoms with E-state index in [0.717, 1.165) is 15.8 Å². The predicted octanol–water partition coefficient (Wildman–Crippen LogP) is 2.23.